The van der Waals surface area contributed by atoms with Gasteiger partial charge in [0.05, 0.1) is 0 Å². The van der Waals surface area contributed by atoms with Crippen molar-refractivity contribution in [3.05, 3.63) is 30.1 Å². The Bertz CT molecular complexity index is 325. The summed E-state index contributed by atoms with van der Waals surface area (Å²) >= 11 is 0. The van der Waals surface area contributed by atoms with Crippen LogP contribution in [0.5, 0.6) is 0 Å². The van der Waals surface area contributed by atoms with E-state index in [2.05, 4.69) is 18.7 Å². The predicted octanol–water partition coefficient (Wildman–Crippen LogP) is 2.64. The second kappa shape index (κ2) is 5.85. The summed E-state index contributed by atoms with van der Waals surface area (Å²) < 4.78 is 13.1. The van der Waals surface area contributed by atoms with E-state index in [1.807, 2.05) is 13.1 Å². The fourth-order valence-electron chi connectivity index (χ4n) is 1.86. The summed E-state index contributed by atoms with van der Waals surface area (Å²) in [6, 6.07) is 6.90. The van der Waals surface area contributed by atoms with Gasteiger partial charge in [-0.2, -0.15) is 0 Å². The fraction of sp³-hybridized carbons (Fsp3) is 0.538. The molecule has 2 N–H and O–H groups in total. The minimum atomic E-state index is -0.204. The maximum absolute atomic E-state index is 13.1. The highest BCUT2D eigenvalue weighted by Gasteiger charge is 2.15. The maximum Gasteiger partial charge on any atom is 0.125 e. The third-order valence-corrected chi connectivity index (χ3v) is 2.78. The van der Waals surface area contributed by atoms with Crippen molar-refractivity contribution in [2.24, 2.45) is 11.7 Å². The predicted molar refractivity (Wildman–Crippen MR) is 67.1 cm³/mol. The highest BCUT2D eigenvalue weighted by Crippen LogP contribution is 2.19. The highest BCUT2D eigenvalue weighted by atomic mass is 19.1. The summed E-state index contributed by atoms with van der Waals surface area (Å²) in [4.78, 5) is 2.06. The Balaban J connectivity index is 2.78. The van der Waals surface area contributed by atoms with Crippen LogP contribution < -0.4 is 10.6 Å². The smallest absolute Gasteiger partial charge is 0.125 e. The van der Waals surface area contributed by atoms with Crippen LogP contribution in [0.1, 0.15) is 20.3 Å². The Morgan fingerprint density at radius 3 is 2.56 bits per heavy atom. The largest absolute Gasteiger partial charge is 0.370 e. The Morgan fingerprint density at radius 2 is 2.06 bits per heavy atom. The van der Waals surface area contributed by atoms with Gasteiger partial charge in [-0.3, -0.25) is 0 Å². The zero-order valence-corrected chi connectivity index (χ0v) is 10.3. The van der Waals surface area contributed by atoms with E-state index in [4.69, 9.17) is 5.73 Å². The monoisotopic (exact) mass is 224 g/mol. The molecule has 0 aliphatic heterocycles. The molecule has 1 rings (SSSR count). The number of halogens is 1. The molecule has 0 spiro atoms. The summed E-state index contributed by atoms with van der Waals surface area (Å²) in [5.41, 5.74) is 6.65. The van der Waals surface area contributed by atoms with Crippen LogP contribution in [0.25, 0.3) is 0 Å². The number of rotatable bonds is 5. The van der Waals surface area contributed by atoms with Gasteiger partial charge in [0, 0.05) is 25.3 Å². The van der Waals surface area contributed by atoms with Crippen molar-refractivity contribution in [3.8, 4) is 0 Å². The van der Waals surface area contributed by atoms with Crippen LogP contribution in [0.2, 0.25) is 0 Å². The lowest BCUT2D eigenvalue weighted by molar-refractivity contribution is 0.484. The van der Waals surface area contributed by atoms with Gasteiger partial charge in [-0.15, -0.1) is 0 Å². The average Bonchev–Trinajstić information content (AvgIpc) is 2.24. The van der Waals surface area contributed by atoms with Gasteiger partial charge in [0.15, 0.2) is 0 Å². The Morgan fingerprint density at radius 1 is 1.38 bits per heavy atom. The number of hydrogen-bond donors (Lipinski definition) is 1. The van der Waals surface area contributed by atoms with E-state index in [9.17, 15) is 4.39 Å². The van der Waals surface area contributed by atoms with Crippen LogP contribution in [-0.4, -0.2) is 19.6 Å². The molecule has 0 bridgehead atoms. The molecule has 1 aromatic carbocycles. The molecule has 0 aromatic heterocycles. The average molecular weight is 224 g/mol. The molecule has 1 unspecified atom stereocenters. The number of likely N-dealkylation sites (N-methyl/N-ethyl adjacent to an activating group) is 1. The zero-order valence-electron chi connectivity index (χ0n) is 10.3. The molecule has 2 nitrogen and oxygen atoms in total. The molecular weight excluding hydrogens is 203 g/mol. The van der Waals surface area contributed by atoms with E-state index < -0.39 is 0 Å². The molecule has 1 aromatic rings. The third kappa shape index (κ3) is 3.49. The standard InChI is InChI=1S/C13H21FN2/c1-10(2)7-13(9-15)16(3)12-6-4-5-11(14)8-12/h4-6,8,10,13H,7,9,15H2,1-3H3. The van der Waals surface area contributed by atoms with Crippen LogP contribution in [0.3, 0.4) is 0 Å². The van der Waals surface area contributed by atoms with Gasteiger partial charge >= 0.3 is 0 Å². The van der Waals surface area contributed by atoms with Crippen LogP contribution in [0.15, 0.2) is 24.3 Å². The van der Waals surface area contributed by atoms with Crippen LogP contribution in [0.4, 0.5) is 10.1 Å². The fourth-order valence-corrected chi connectivity index (χ4v) is 1.86. The van der Waals surface area contributed by atoms with E-state index in [-0.39, 0.29) is 11.9 Å². The lowest BCUT2D eigenvalue weighted by Crippen LogP contribution is -2.39. The lowest BCUT2D eigenvalue weighted by Gasteiger charge is -2.30. The van der Waals surface area contributed by atoms with Crippen molar-refractivity contribution in [1.29, 1.82) is 0 Å². The van der Waals surface area contributed by atoms with Gasteiger partial charge in [-0.05, 0) is 30.5 Å². The number of nitrogens with two attached hydrogens (primary N) is 1. The SMILES string of the molecule is CC(C)CC(CN)N(C)c1cccc(F)c1. The molecule has 0 amide bonds. The van der Waals surface area contributed by atoms with Gasteiger partial charge in [-0.25, -0.2) is 4.39 Å². The first-order valence-corrected chi connectivity index (χ1v) is 5.73. The van der Waals surface area contributed by atoms with Crippen molar-refractivity contribution >= 4 is 5.69 Å². The van der Waals surface area contributed by atoms with Crippen LogP contribution in [-0.2, 0) is 0 Å². The van der Waals surface area contributed by atoms with Crippen molar-refractivity contribution in [3.63, 3.8) is 0 Å². The molecule has 90 valence electrons. The number of hydrogen-bond acceptors (Lipinski definition) is 2. The van der Waals surface area contributed by atoms with E-state index in [0.29, 0.717) is 12.5 Å². The van der Waals surface area contributed by atoms with Gasteiger partial charge in [0.25, 0.3) is 0 Å². The topological polar surface area (TPSA) is 29.3 Å². The summed E-state index contributed by atoms with van der Waals surface area (Å²) in [6.45, 7) is 4.93. The molecule has 0 saturated heterocycles. The first-order valence-electron chi connectivity index (χ1n) is 5.73. The van der Waals surface area contributed by atoms with Gasteiger partial charge in [0.1, 0.15) is 5.82 Å². The molecule has 16 heavy (non-hydrogen) atoms. The van der Waals surface area contributed by atoms with Crippen molar-refractivity contribution < 1.29 is 4.39 Å². The molecule has 3 heteroatoms. The van der Waals surface area contributed by atoms with Gasteiger partial charge in [0.2, 0.25) is 0 Å². The minimum absolute atomic E-state index is 0.204. The zero-order chi connectivity index (χ0) is 12.1. The molecule has 0 heterocycles. The molecule has 1 atom stereocenters. The quantitative estimate of drug-likeness (QED) is 0.833. The Labute approximate surface area is 97.3 Å². The Kier molecular flexibility index (Phi) is 4.74. The van der Waals surface area contributed by atoms with Crippen molar-refractivity contribution in [1.82, 2.24) is 0 Å². The van der Waals surface area contributed by atoms with E-state index in [1.165, 1.54) is 6.07 Å². The Hall–Kier alpha value is -1.09. The van der Waals surface area contributed by atoms with Crippen LogP contribution in [0, 0.1) is 11.7 Å². The highest BCUT2D eigenvalue weighted by molar-refractivity contribution is 5.46. The van der Waals surface area contributed by atoms with Crippen molar-refractivity contribution in [2.75, 3.05) is 18.5 Å². The van der Waals surface area contributed by atoms with Crippen molar-refractivity contribution in [2.45, 2.75) is 26.3 Å². The number of benzene rings is 1. The third-order valence-electron chi connectivity index (χ3n) is 2.78. The molecule has 0 fully saturated rings. The number of nitrogens with zero attached hydrogens (tertiary/aromatic N) is 1. The first kappa shape index (κ1) is 13.0. The van der Waals surface area contributed by atoms with E-state index in [0.717, 1.165) is 12.1 Å². The molecular formula is C13H21FN2. The minimum Gasteiger partial charge on any atom is -0.370 e. The molecule has 0 aliphatic carbocycles. The lowest BCUT2D eigenvalue weighted by atomic mass is 10.0. The second-order valence-electron chi connectivity index (χ2n) is 4.61. The van der Waals surface area contributed by atoms with Gasteiger partial charge < -0.3 is 10.6 Å². The summed E-state index contributed by atoms with van der Waals surface area (Å²) in [6.07, 6.45) is 1.02. The summed E-state index contributed by atoms with van der Waals surface area (Å²) in [5, 5.41) is 0. The first-order chi connectivity index (χ1) is 7.54. The molecule has 0 radical (unpaired) electrons. The molecule has 0 aliphatic rings. The normalized spacial score (nSPS) is 12.9. The van der Waals surface area contributed by atoms with Gasteiger partial charge in [-0.1, -0.05) is 19.9 Å². The van der Waals surface area contributed by atoms with E-state index in [1.54, 1.807) is 12.1 Å². The number of anilines is 1. The maximum atomic E-state index is 13.1. The molecule has 0 saturated carbocycles. The second-order valence-corrected chi connectivity index (χ2v) is 4.61. The summed E-state index contributed by atoms with van der Waals surface area (Å²) in [7, 11) is 1.97. The van der Waals surface area contributed by atoms with Crippen LogP contribution >= 0.6 is 0 Å². The van der Waals surface area contributed by atoms with E-state index >= 15 is 0 Å². The summed E-state index contributed by atoms with van der Waals surface area (Å²) in [5.74, 6) is 0.384.